The first-order chi connectivity index (χ1) is 11.5. The maximum atomic E-state index is 11.0. The van der Waals surface area contributed by atoms with E-state index in [0.29, 0.717) is 23.2 Å². The zero-order chi connectivity index (χ0) is 17.2. The van der Waals surface area contributed by atoms with Gasteiger partial charge < -0.3 is 15.0 Å². The Kier molecular flexibility index (Phi) is 6.26. The number of methoxy groups -OCH3 is 1. The summed E-state index contributed by atoms with van der Waals surface area (Å²) in [4.78, 5) is 14.9. The molecule has 0 saturated heterocycles. The molecule has 0 unspecified atom stereocenters. The van der Waals surface area contributed by atoms with Gasteiger partial charge in [0.2, 0.25) is 5.89 Å². The number of aromatic nitrogens is 2. The van der Waals surface area contributed by atoms with E-state index < -0.39 is 10.5 Å². The molecule has 1 heterocycles. The second-order valence-corrected chi connectivity index (χ2v) is 6.76. The zero-order valence-corrected chi connectivity index (χ0v) is 15.3. The number of halogens is 1. The highest BCUT2D eigenvalue weighted by molar-refractivity contribution is 7.97. The second-order valence-electron chi connectivity index (χ2n) is 5.78. The van der Waals surface area contributed by atoms with Crippen molar-refractivity contribution in [1.29, 1.82) is 0 Å². The minimum Gasteiger partial charge on any atom is -0.490 e. The molecule has 0 aliphatic heterocycles. The quantitative estimate of drug-likeness (QED) is 0.569. The van der Waals surface area contributed by atoms with Gasteiger partial charge in [0.15, 0.2) is 11.6 Å². The third kappa shape index (κ3) is 4.23. The molecule has 1 aliphatic carbocycles. The summed E-state index contributed by atoms with van der Waals surface area (Å²) in [5, 5.41) is 15.0. The lowest BCUT2D eigenvalue weighted by Gasteiger charge is -2.34. The van der Waals surface area contributed by atoms with Gasteiger partial charge in [0.05, 0.1) is 23.3 Å². The second kappa shape index (κ2) is 8.03. The Labute approximate surface area is 155 Å². The van der Waals surface area contributed by atoms with Crippen molar-refractivity contribution < 1.29 is 14.2 Å². The topological polar surface area (TPSA) is 117 Å². The predicted molar refractivity (Wildman–Crippen MR) is 95.9 cm³/mol. The number of ether oxygens (including phenoxy) is 1. The van der Waals surface area contributed by atoms with Crippen LogP contribution in [-0.4, -0.2) is 22.2 Å². The fourth-order valence-electron chi connectivity index (χ4n) is 2.52. The van der Waals surface area contributed by atoms with Gasteiger partial charge in [-0.05, 0) is 30.9 Å². The number of nitrogens with zero attached hydrogens (tertiary/aromatic N) is 3. The molecule has 2 aromatic rings. The number of nitro groups is 1. The molecule has 0 bridgehead atoms. The van der Waals surface area contributed by atoms with E-state index in [4.69, 9.17) is 15.0 Å². The van der Waals surface area contributed by atoms with Gasteiger partial charge in [-0.3, -0.25) is 10.1 Å². The Hall–Kier alpha value is -1.84. The molecule has 0 spiro atoms. The number of thioether (sulfide) groups is 1. The summed E-state index contributed by atoms with van der Waals surface area (Å²) < 4.78 is 10.2. The van der Waals surface area contributed by atoms with E-state index in [1.807, 2.05) is 0 Å². The van der Waals surface area contributed by atoms with Crippen LogP contribution in [0.1, 0.15) is 36.5 Å². The van der Waals surface area contributed by atoms with Crippen molar-refractivity contribution in [2.45, 2.75) is 36.3 Å². The fraction of sp³-hybridized carbons (Fsp3) is 0.467. The number of benzene rings is 1. The smallest absolute Gasteiger partial charge is 0.311 e. The van der Waals surface area contributed by atoms with Gasteiger partial charge in [0.1, 0.15) is 0 Å². The number of nitrogens with two attached hydrogens (primary N) is 1. The third-order valence-corrected chi connectivity index (χ3v) is 5.08. The van der Waals surface area contributed by atoms with Crippen molar-refractivity contribution in [3.63, 3.8) is 0 Å². The monoisotopic (exact) mass is 386 g/mol. The van der Waals surface area contributed by atoms with Crippen LogP contribution >= 0.6 is 24.2 Å². The van der Waals surface area contributed by atoms with Crippen molar-refractivity contribution in [3.8, 4) is 5.75 Å². The molecule has 10 heteroatoms. The van der Waals surface area contributed by atoms with Gasteiger partial charge >= 0.3 is 5.69 Å². The Balaban J connectivity index is 0.00000225. The highest BCUT2D eigenvalue weighted by Gasteiger charge is 2.38. The van der Waals surface area contributed by atoms with Crippen molar-refractivity contribution in [1.82, 2.24) is 10.1 Å². The van der Waals surface area contributed by atoms with Crippen molar-refractivity contribution in [2.24, 2.45) is 5.73 Å². The molecule has 1 fully saturated rings. The lowest BCUT2D eigenvalue weighted by Crippen LogP contribution is -2.44. The first kappa shape index (κ1) is 19.5. The molecule has 25 heavy (non-hydrogen) atoms. The molecule has 1 saturated carbocycles. The van der Waals surface area contributed by atoms with Crippen molar-refractivity contribution >= 4 is 29.9 Å². The third-order valence-electron chi connectivity index (χ3n) is 4.09. The minimum absolute atomic E-state index is 0. The Morgan fingerprint density at radius 2 is 2.20 bits per heavy atom. The SMILES string of the molecule is COc1ccc(CSCc2nc(C3(N)CCC3)no2)cc1[N+](=O)[O-].Cl. The van der Waals surface area contributed by atoms with Crippen LogP contribution in [0.15, 0.2) is 22.7 Å². The van der Waals surface area contributed by atoms with Crippen LogP contribution in [0.25, 0.3) is 0 Å². The van der Waals surface area contributed by atoms with Gasteiger partial charge in [0, 0.05) is 11.8 Å². The van der Waals surface area contributed by atoms with Gasteiger partial charge in [-0.25, -0.2) is 0 Å². The molecular formula is C15H19ClN4O4S. The number of hydrogen-bond donors (Lipinski definition) is 1. The average Bonchev–Trinajstić information content (AvgIpc) is 3.01. The van der Waals surface area contributed by atoms with Crippen molar-refractivity contribution in [3.05, 3.63) is 45.6 Å². The molecule has 3 rings (SSSR count). The van der Waals surface area contributed by atoms with E-state index in [9.17, 15) is 10.1 Å². The van der Waals surface area contributed by atoms with Gasteiger partial charge in [-0.2, -0.15) is 4.98 Å². The van der Waals surface area contributed by atoms with E-state index >= 15 is 0 Å². The van der Waals surface area contributed by atoms with Crippen LogP contribution in [0.3, 0.4) is 0 Å². The maximum Gasteiger partial charge on any atom is 0.311 e. The van der Waals surface area contributed by atoms with Gasteiger partial charge in [-0.15, -0.1) is 24.2 Å². The normalized spacial score (nSPS) is 15.1. The molecule has 1 aromatic heterocycles. The largest absolute Gasteiger partial charge is 0.490 e. The van der Waals surface area contributed by atoms with Crippen molar-refractivity contribution in [2.75, 3.05) is 7.11 Å². The zero-order valence-electron chi connectivity index (χ0n) is 13.6. The number of rotatable bonds is 7. The average molecular weight is 387 g/mol. The summed E-state index contributed by atoms with van der Waals surface area (Å²) in [6.07, 6.45) is 2.86. The first-order valence-corrected chi connectivity index (χ1v) is 8.68. The fourth-order valence-corrected chi connectivity index (χ4v) is 3.33. The summed E-state index contributed by atoms with van der Waals surface area (Å²) in [7, 11) is 1.41. The summed E-state index contributed by atoms with van der Waals surface area (Å²) in [5.74, 6) is 2.47. The van der Waals surface area contributed by atoms with E-state index in [1.165, 1.54) is 13.2 Å². The molecule has 1 aliphatic rings. The lowest BCUT2D eigenvalue weighted by atomic mass is 9.77. The molecule has 2 N–H and O–H groups in total. The van der Waals surface area contributed by atoms with E-state index in [0.717, 1.165) is 24.8 Å². The van der Waals surface area contributed by atoms with Crippen LogP contribution in [-0.2, 0) is 17.0 Å². The molecule has 136 valence electrons. The van der Waals surface area contributed by atoms with Crippen LogP contribution in [0, 0.1) is 10.1 Å². The minimum atomic E-state index is -0.448. The first-order valence-electron chi connectivity index (χ1n) is 7.53. The predicted octanol–water partition coefficient (Wildman–Crippen LogP) is 3.18. The van der Waals surface area contributed by atoms with Crippen LogP contribution in [0.4, 0.5) is 5.69 Å². The number of nitro benzene ring substituents is 1. The maximum absolute atomic E-state index is 11.0. The Morgan fingerprint density at radius 3 is 2.80 bits per heavy atom. The molecule has 0 amide bonds. The molecule has 0 radical (unpaired) electrons. The van der Waals surface area contributed by atoms with Crippen LogP contribution < -0.4 is 10.5 Å². The summed E-state index contributed by atoms with van der Waals surface area (Å²) in [5.41, 5.74) is 6.53. The van der Waals surface area contributed by atoms with Gasteiger partial charge in [-0.1, -0.05) is 11.2 Å². The number of hydrogen-bond acceptors (Lipinski definition) is 8. The molecular weight excluding hydrogens is 368 g/mol. The van der Waals surface area contributed by atoms with Crippen LogP contribution in [0.2, 0.25) is 0 Å². The van der Waals surface area contributed by atoms with Crippen LogP contribution in [0.5, 0.6) is 5.75 Å². The summed E-state index contributed by atoms with van der Waals surface area (Å²) in [6.45, 7) is 0. The Morgan fingerprint density at radius 1 is 1.44 bits per heavy atom. The lowest BCUT2D eigenvalue weighted by molar-refractivity contribution is -0.385. The van der Waals surface area contributed by atoms with E-state index in [1.54, 1.807) is 23.9 Å². The highest BCUT2D eigenvalue weighted by atomic mass is 35.5. The molecule has 1 aromatic carbocycles. The molecule has 0 atom stereocenters. The highest BCUT2D eigenvalue weighted by Crippen LogP contribution is 2.37. The molecule has 8 nitrogen and oxygen atoms in total. The standard InChI is InChI=1S/C15H18N4O4S.ClH/c1-22-12-4-3-10(7-11(12)19(20)21)8-24-9-13-17-14(18-23-13)15(16)5-2-6-15;/h3-4,7H,2,5-6,8-9,16H2,1H3;1H. The Bertz CT molecular complexity index is 751. The summed E-state index contributed by atoms with van der Waals surface area (Å²) in [6, 6.07) is 4.93. The summed E-state index contributed by atoms with van der Waals surface area (Å²) >= 11 is 1.54. The van der Waals surface area contributed by atoms with E-state index in [-0.39, 0.29) is 23.8 Å². The van der Waals surface area contributed by atoms with Gasteiger partial charge in [0.25, 0.3) is 0 Å². The van der Waals surface area contributed by atoms with E-state index in [2.05, 4.69) is 10.1 Å².